The number of hydrogen-bond acceptors (Lipinski definition) is 3. The Morgan fingerprint density at radius 1 is 1.24 bits per heavy atom. The van der Waals surface area contributed by atoms with Crippen molar-refractivity contribution in [3.8, 4) is 0 Å². The molecular formula is C15H15N3O3. The molecule has 0 aliphatic carbocycles. The van der Waals surface area contributed by atoms with Crippen molar-refractivity contribution in [1.82, 2.24) is 14.7 Å². The third kappa shape index (κ3) is 2.40. The molecule has 0 unspecified atom stereocenters. The van der Waals surface area contributed by atoms with Crippen molar-refractivity contribution in [1.29, 1.82) is 0 Å². The Balaban J connectivity index is 1.96. The first-order valence-corrected chi connectivity index (χ1v) is 6.66. The molecule has 0 bridgehead atoms. The van der Waals surface area contributed by atoms with Crippen LogP contribution in [0.5, 0.6) is 0 Å². The van der Waals surface area contributed by atoms with E-state index < -0.39 is 12.0 Å². The van der Waals surface area contributed by atoms with E-state index in [2.05, 4.69) is 5.10 Å². The molecule has 0 radical (unpaired) electrons. The molecule has 0 fully saturated rings. The molecule has 21 heavy (non-hydrogen) atoms. The fourth-order valence-electron chi connectivity index (χ4n) is 2.63. The Bertz CT molecular complexity index is 708. The first-order chi connectivity index (χ1) is 10.1. The Labute approximate surface area is 121 Å². The molecule has 1 N–H and O–H groups in total. The molecule has 0 spiro atoms. The number of benzene rings is 1. The number of hydrogen-bond donors (Lipinski definition) is 1. The van der Waals surface area contributed by atoms with E-state index in [1.807, 2.05) is 24.3 Å². The van der Waals surface area contributed by atoms with Crippen LogP contribution < -0.4 is 0 Å². The second-order valence-electron chi connectivity index (χ2n) is 5.13. The van der Waals surface area contributed by atoms with Crippen molar-refractivity contribution in [2.45, 2.75) is 19.0 Å². The maximum atomic E-state index is 12.5. The van der Waals surface area contributed by atoms with Gasteiger partial charge in [0.15, 0.2) is 0 Å². The minimum absolute atomic E-state index is 0.267. The molecule has 0 saturated carbocycles. The molecule has 6 nitrogen and oxygen atoms in total. The molecule has 1 amide bonds. The van der Waals surface area contributed by atoms with Crippen molar-refractivity contribution in [2.75, 3.05) is 0 Å². The van der Waals surface area contributed by atoms with Crippen LogP contribution in [0.3, 0.4) is 0 Å². The van der Waals surface area contributed by atoms with E-state index in [0.717, 1.165) is 11.1 Å². The summed E-state index contributed by atoms with van der Waals surface area (Å²) in [4.78, 5) is 25.4. The van der Waals surface area contributed by atoms with Gasteiger partial charge >= 0.3 is 5.97 Å². The lowest BCUT2D eigenvalue weighted by molar-refractivity contribution is -0.142. The molecule has 1 aliphatic heterocycles. The van der Waals surface area contributed by atoms with Gasteiger partial charge in [0.25, 0.3) is 5.91 Å². The van der Waals surface area contributed by atoms with Crippen molar-refractivity contribution >= 4 is 11.9 Å². The van der Waals surface area contributed by atoms with Gasteiger partial charge in [0.2, 0.25) is 0 Å². The van der Waals surface area contributed by atoms with Crippen molar-refractivity contribution in [2.24, 2.45) is 7.05 Å². The van der Waals surface area contributed by atoms with Gasteiger partial charge in [-0.2, -0.15) is 5.10 Å². The zero-order valence-electron chi connectivity index (χ0n) is 11.6. The van der Waals surface area contributed by atoms with Crippen LogP contribution in [0.25, 0.3) is 0 Å². The van der Waals surface area contributed by atoms with Gasteiger partial charge in [0.1, 0.15) is 11.7 Å². The van der Waals surface area contributed by atoms with E-state index in [0.29, 0.717) is 13.0 Å². The Morgan fingerprint density at radius 3 is 2.57 bits per heavy atom. The second-order valence-corrected chi connectivity index (χ2v) is 5.13. The summed E-state index contributed by atoms with van der Waals surface area (Å²) in [5.41, 5.74) is 2.23. The molecular weight excluding hydrogens is 270 g/mol. The zero-order valence-corrected chi connectivity index (χ0v) is 11.6. The van der Waals surface area contributed by atoms with Gasteiger partial charge in [0.05, 0.1) is 0 Å². The smallest absolute Gasteiger partial charge is 0.326 e. The number of carbonyl (C=O) groups is 2. The van der Waals surface area contributed by atoms with Crippen LogP contribution in [-0.2, 0) is 24.8 Å². The quantitative estimate of drug-likeness (QED) is 0.895. The van der Waals surface area contributed by atoms with E-state index in [-0.39, 0.29) is 11.6 Å². The SMILES string of the molecule is Cn1ccc(C(=O)N2Cc3ccccc3C[C@@H]2C(=O)O)n1. The van der Waals surface area contributed by atoms with Gasteiger partial charge in [-0.3, -0.25) is 9.48 Å². The van der Waals surface area contributed by atoms with Crippen LogP contribution in [0.4, 0.5) is 0 Å². The molecule has 3 rings (SSSR count). The number of aromatic nitrogens is 2. The molecule has 6 heteroatoms. The fourth-order valence-corrected chi connectivity index (χ4v) is 2.63. The number of fused-ring (bicyclic) bond motifs is 1. The molecule has 1 aromatic carbocycles. The maximum Gasteiger partial charge on any atom is 0.326 e. The monoisotopic (exact) mass is 285 g/mol. The van der Waals surface area contributed by atoms with E-state index in [4.69, 9.17) is 0 Å². The summed E-state index contributed by atoms with van der Waals surface area (Å²) in [6.07, 6.45) is 1.99. The molecule has 0 saturated heterocycles. The fraction of sp³-hybridized carbons (Fsp3) is 0.267. The minimum Gasteiger partial charge on any atom is -0.480 e. The van der Waals surface area contributed by atoms with E-state index >= 15 is 0 Å². The molecule has 1 aromatic heterocycles. The zero-order chi connectivity index (χ0) is 15.0. The third-order valence-corrected chi connectivity index (χ3v) is 3.73. The summed E-state index contributed by atoms with van der Waals surface area (Å²) in [5, 5.41) is 13.5. The third-order valence-electron chi connectivity index (χ3n) is 3.73. The van der Waals surface area contributed by atoms with Gasteiger partial charge < -0.3 is 10.0 Å². The summed E-state index contributed by atoms with van der Waals surface area (Å²) in [5.74, 6) is -1.34. The molecule has 108 valence electrons. The predicted octanol–water partition coefficient (Wildman–Crippen LogP) is 1.07. The number of aliphatic carboxylic acids is 1. The lowest BCUT2D eigenvalue weighted by Gasteiger charge is -2.34. The first-order valence-electron chi connectivity index (χ1n) is 6.66. The average Bonchev–Trinajstić information content (AvgIpc) is 2.91. The van der Waals surface area contributed by atoms with Crippen LogP contribution in [0.2, 0.25) is 0 Å². The van der Waals surface area contributed by atoms with Gasteiger partial charge in [0, 0.05) is 26.2 Å². The average molecular weight is 285 g/mol. The number of aryl methyl sites for hydroxylation is 1. The highest BCUT2D eigenvalue weighted by Crippen LogP contribution is 2.24. The minimum atomic E-state index is -0.992. The lowest BCUT2D eigenvalue weighted by Crippen LogP contribution is -2.48. The van der Waals surface area contributed by atoms with Gasteiger partial charge in [-0.25, -0.2) is 4.79 Å². The Kier molecular flexibility index (Phi) is 3.21. The molecule has 2 heterocycles. The van der Waals surface area contributed by atoms with E-state index in [1.54, 1.807) is 19.3 Å². The van der Waals surface area contributed by atoms with Crippen LogP contribution in [0.15, 0.2) is 36.5 Å². The number of amides is 1. The van der Waals surface area contributed by atoms with Crippen molar-refractivity contribution in [3.63, 3.8) is 0 Å². The highest BCUT2D eigenvalue weighted by Gasteiger charge is 2.35. The summed E-state index contributed by atoms with van der Waals surface area (Å²) >= 11 is 0. The van der Waals surface area contributed by atoms with E-state index in [9.17, 15) is 14.7 Å². The number of rotatable bonds is 2. The number of carboxylic acid groups (broad SMARTS) is 1. The van der Waals surface area contributed by atoms with Crippen LogP contribution in [0.1, 0.15) is 21.6 Å². The van der Waals surface area contributed by atoms with Crippen LogP contribution >= 0.6 is 0 Å². The van der Waals surface area contributed by atoms with Gasteiger partial charge in [-0.05, 0) is 17.2 Å². The normalized spacial score (nSPS) is 17.4. The molecule has 2 aromatic rings. The van der Waals surface area contributed by atoms with Crippen LogP contribution in [0, 0.1) is 0 Å². The molecule has 1 atom stereocenters. The standard InChI is InChI=1S/C15H15N3O3/c1-17-7-6-12(16-17)14(19)18-9-11-5-3-2-4-10(11)8-13(18)15(20)21/h2-7,13H,8-9H2,1H3,(H,20,21)/t13-/m1/s1. The first kappa shape index (κ1) is 13.4. The topological polar surface area (TPSA) is 75.4 Å². The number of carboxylic acids is 1. The van der Waals surface area contributed by atoms with E-state index in [1.165, 1.54) is 9.58 Å². The van der Waals surface area contributed by atoms with Crippen LogP contribution in [-0.4, -0.2) is 37.7 Å². The predicted molar refractivity (Wildman–Crippen MR) is 74.7 cm³/mol. The summed E-state index contributed by atoms with van der Waals surface area (Å²) in [6, 6.07) is 8.35. The maximum absolute atomic E-state index is 12.5. The molecule has 1 aliphatic rings. The largest absolute Gasteiger partial charge is 0.480 e. The second kappa shape index (κ2) is 5.05. The Morgan fingerprint density at radius 2 is 1.95 bits per heavy atom. The highest BCUT2D eigenvalue weighted by atomic mass is 16.4. The van der Waals surface area contributed by atoms with Gasteiger partial charge in [-0.1, -0.05) is 24.3 Å². The summed E-state index contributed by atoms with van der Waals surface area (Å²) < 4.78 is 1.53. The summed E-state index contributed by atoms with van der Waals surface area (Å²) in [7, 11) is 1.72. The van der Waals surface area contributed by atoms with Crippen molar-refractivity contribution < 1.29 is 14.7 Å². The Hall–Kier alpha value is -2.63. The lowest BCUT2D eigenvalue weighted by atomic mass is 9.93. The van der Waals surface area contributed by atoms with Gasteiger partial charge in [-0.15, -0.1) is 0 Å². The highest BCUT2D eigenvalue weighted by molar-refractivity contribution is 5.95. The number of nitrogens with zero attached hydrogens (tertiary/aromatic N) is 3. The number of carbonyl (C=O) groups excluding carboxylic acids is 1. The van der Waals surface area contributed by atoms with Crippen molar-refractivity contribution in [3.05, 3.63) is 53.3 Å². The summed E-state index contributed by atoms with van der Waals surface area (Å²) in [6.45, 7) is 0.294.